The van der Waals surface area contributed by atoms with Crippen LogP contribution in [0.4, 0.5) is 13.2 Å². The summed E-state index contributed by atoms with van der Waals surface area (Å²) < 4.78 is 45.3. The second kappa shape index (κ2) is 5.49. The first-order valence-electron chi connectivity index (χ1n) is 5.62. The van der Waals surface area contributed by atoms with Gasteiger partial charge in [0.05, 0.1) is 12.2 Å². The SMILES string of the molecule is O=C(O)c1ccc2oc(CCOCC(F)(F)F)nc2c1. The quantitative estimate of drug-likeness (QED) is 0.857. The lowest BCUT2D eigenvalue weighted by atomic mass is 10.2. The summed E-state index contributed by atoms with van der Waals surface area (Å²) in [6.07, 6.45) is -4.29. The monoisotopic (exact) mass is 289 g/mol. The van der Waals surface area contributed by atoms with E-state index in [2.05, 4.69) is 9.72 Å². The second-order valence-electron chi connectivity index (χ2n) is 4.01. The van der Waals surface area contributed by atoms with Crippen molar-refractivity contribution >= 4 is 17.1 Å². The lowest BCUT2D eigenvalue weighted by molar-refractivity contribution is -0.173. The second-order valence-corrected chi connectivity index (χ2v) is 4.01. The Morgan fingerprint density at radius 3 is 2.80 bits per heavy atom. The number of carbonyl (C=O) groups is 1. The van der Waals surface area contributed by atoms with Crippen molar-refractivity contribution in [3.05, 3.63) is 29.7 Å². The average molecular weight is 289 g/mol. The molecule has 0 bridgehead atoms. The summed E-state index contributed by atoms with van der Waals surface area (Å²) in [5.74, 6) is -0.894. The minimum atomic E-state index is -4.36. The molecule has 0 spiro atoms. The van der Waals surface area contributed by atoms with Crippen LogP contribution in [0, 0.1) is 0 Å². The maximum Gasteiger partial charge on any atom is 0.411 e. The van der Waals surface area contributed by atoms with Gasteiger partial charge in [-0.1, -0.05) is 0 Å². The van der Waals surface area contributed by atoms with Gasteiger partial charge in [0.2, 0.25) is 0 Å². The third-order valence-corrected chi connectivity index (χ3v) is 2.40. The van der Waals surface area contributed by atoms with Gasteiger partial charge in [0, 0.05) is 6.42 Å². The van der Waals surface area contributed by atoms with Gasteiger partial charge in [0.25, 0.3) is 0 Å². The van der Waals surface area contributed by atoms with Crippen molar-refractivity contribution < 1.29 is 32.2 Å². The van der Waals surface area contributed by atoms with E-state index in [0.29, 0.717) is 11.1 Å². The molecule has 0 aliphatic rings. The first kappa shape index (κ1) is 14.3. The molecule has 2 rings (SSSR count). The Morgan fingerprint density at radius 2 is 2.15 bits per heavy atom. The Hall–Kier alpha value is -2.09. The maximum absolute atomic E-state index is 11.8. The molecule has 0 fully saturated rings. The fourth-order valence-corrected chi connectivity index (χ4v) is 1.56. The molecule has 0 aliphatic carbocycles. The minimum Gasteiger partial charge on any atom is -0.478 e. The molecule has 0 unspecified atom stereocenters. The average Bonchev–Trinajstić information content (AvgIpc) is 2.75. The molecular formula is C12H10F3NO4. The van der Waals surface area contributed by atoms with Gasteiger partial charge in [0.1, 0.15) is 12.1 Å². The first-order chi connectivity index (χ1) is 9.35. The number of carboxylic acid groups (broad SMARTS) is 1. The molecule has 0 saturated carbocycles. The zero-order valence-corrected chi connectivity index (χ0v) is 10.1. The predicted octanol–water partition coefficient (Wildman–Crippen LogP) is 2.65. The summed E-state index contributed by atoms with van der Waals surface area (Å²) in [6, 6.07) is 4.15. The van der Waals surface area contributed by atoms with Crippen LogP contribution < -0.4 is 0 Å². The van der Waals surface area contributed by atoms with E-state index in [0.717, 1.165) is 0 Å². The van der Waals surface area contributed by atoms with Crippen LogP contribution in [0.25, 0.3) is 11.1 Å². The van der Waals surface area contributed by atoms with Gasteiger partial charge in [-0.15, -0.1) is 0 Å². The smallest absolute Gasteiger partial charge is 0.411 e. The summed E-state index contributed by atoms with van der Waals surface area (Å²) in [7, 11) is 0. The molecule has 1 N–H and O–H groups in total. The van der Waals surface area contributed by atoms with Crippen LogP contribution in [-0.4, -0.2) is 35.4 Å². The first-order valence-corrected chi connectivity index (χ1v) is 5.62. The van der Waals surface area contributed by atoms with Gasteiger partial charge in [-0.3, -0.25) is 0 Å². The van der Waals surface area contributed by atoms with Crippen molar-refractivity contribution in [3.8, 4) is 0 Å². The fraction of sp³-hybridized carbons (Fsp3) is 0.333. The van der Waals surface area contributed by atoms with Crippen LogP contribution in [0.3, 0.4) is 0 Å². The summed E-state index contributed by atoms with van der Waals surface area (Å²) in [6.45, 7) is -1.51. The number of benzene rings is 1. The number of ether oxygens (including phenoxy) is 1. The number of halogens is 3. The van der Waals surface area contributed by atoms with Gasteiger partial charge in [-0.2, -0.15) is 13.2 Å². The van der Waals surface area contributed by atoms with Gasteiger partial charge in [0.15, 0.2) is 11.5 Å². The minimum absolute atomic E-state index is 0.0608. The lowest BCUT2D eigenvalue weighted by Gasteiger charge is -2.05. The summed E-state index contributed by atoms with van der Waals surface area (Å²) in [4.78, 5) is 14.8. The summed E-state index contributed by atoms with van der Waals surface area (Å²) in [5.41, 5.74) is 0.780. The highest BCUT2D eigenvalue weighted by Gasteiger charge is 2.27. The molecule has 0 aliphatic heterocycles. The molecule has 0 atom stereocenters. The van der Waals surface area contributed by atoms with E-state index < -0.39 is 18.8 Å². The molecule has 1 aromatic carbocycles. The van der Waals surface area contributed by atoms with Crippen molar-refractivity contribution in [2.45, 2.75) is 12.6 Å². The fourth-order valence-electron chi connectivity index (χ4n) is 1.56. The zero-order chi connectivity index (χ0) is 14.8. The highest BCUT2D eigenvalue weighted by molar-refractivity contribution is 5.91. The van der Waals surface area contributed by atoms with Gasteiger partial charge >= 0.3 is 12.1 Å². The molecule has 2 aromatic rings. The number of hydrogen-bond acceptors (Lipinski definition) is 4. The number of carboxylic acids is 1. The van der Waals surface area contributed by atoms with Gasteiger partial charge < -0.3 is 14.3 Å². The molecule has 1 aromatic heterocycles. The number of nitrogens with zero attached hydrogens (tertiary/aromatic N) is 1. The molecular weight excluding hydrogens is 279 g/mol. The number of aromatic nitrogens is 1. The van der Waals surface area contributed by atoms with E-state index in [4.69, 9.17) is 9.52 Å². The Bertz CT molecular complexity index is 621. The molecule has 20 heavy (non-hydrogen) atoms. The largest absolute Gasteiger partial charge is 0.478 e. The Labute approximate surface area is 111 Å². The van der Waals surface area contributed by atoms with E-state index in [1.165, 1.54) is 18.2 Å². The van der Waals surface area contributed by atoms with E-state index in [-0.39, 0.29) is 24.5 Å². The number of rotatable bonds is 5. The van der Waals surface area contributed by atoms with E-state index in [1.54, 1.807) is 0 Å². The number of fused-ring (bicyclic) bond motifs is 1. The highest BCUT2D eigenvalue weighted by Crippen LogP contribution is 2.18. The van der Waals surface area contributed by atoms with Gasteiger partial charge in [-0.25, -0.2) is 9.78 Å². The van der Waals surface area contributed by atoms with Crippen molar-refractivity contribution in [2.75, 3.05) is 13.2 Å². The predicted molar refractivity (Wildman–Crippen MR) is 61.5 cm³/mol. The number of aromatic carboxylic acids is 1. The third kappa shape index (κ3) is 3.70. The molecule has 5 nitrogen and oxygen atoms in total. The lowest BCUT2D eigenvalue weighted by Crippen LogP contribution is -2.17. The number of oxazole rings is 1. The van der Waals surface area contributed by atoms with Gasteiger partial charge in [-0.05, 0) is 18.2 Å². The van der Waals surface area contributed by atoms with Crippen LogP contribution >= 0.6 is 0 Å². The van der Waals surface area contributed by atoms with Crippen molar-refractivity contribution in [1.29, 1.82) is 0 Å². The molecule has 0 amide bonds. The van der Waals surface area contributed by atoms with Crippen LogP contribution in [0.2, 0.25) is 0 Å². The third-order valence-electron chi connectivity index (χ3n) is 2.40. The topological polar surface area (TPSA) is 72.6 Å². The molecule has 0 saturated heterocycles. The Kier molecular flexibility index (Phi) is 3.93. The Morgan fingerprint density at radius 1 is 1.40 bits per heavy atom. The summed E-state index contributed by atoms with van der Waals surface area (Å²) in [5, 5.41) is 8.82. The molecule has 0 radical (unpaired) electrons. The van der Waals surface area contributed by atoms with Crippen molar-refractivity contribution in [3.63, 3.8) is 0 Å². The zero-order valence-electron chi connectivity index (χ0n) is 10.1. The molecule has 1 heterocycles. The summed E-state index contributed by atoms with van der Waals surface area (Å²) >= 11 is 0. The van der Waals surface area contributed by atoms with E-state index in [1.807, 2.05) is 0 Å². The van der Waals surface area contributed by atoms with Crippen LogP contribution in [0.5, 0.6) is 0 Å². The van der Waals surface area contributed by atoms with Crippen LogP contribution in [0.15, 0.2) is 22.6 Å². The molecule has 108 valence electrons. The number of hydrogen-bond donors (Lipinski definition) is 1. The Balaban J connectivity index is 1.99. The van der Waals surface area contributed by atoms with Crippen molar-refractivity contribution in [2.24, 2.45) is 0 Å². The normalized spacial score (nSPS) is 11.9. The molecule has 8 heteroatoms. The van der Waals surface area contributed by atoms with Crippen LogP contribution in [0.1, 0.15) is 16.2 Å². The number of alkyl halides is 3. The van der Waals surface area contributed by atoms with E-state index in [9.17, 15) is 18.0 Å². The van der Waals surface area contributed by atoms with Crippen molar-refractivity contribution in [1.82, 2.24) is 4.98 Å². The van der Waals surface area contributed by atoms with Crippen LogP contribution in [-0.2, 0) is 11.2 Å². The standard InChI is InChI=1S/C12H10F3NO4/c13-12(14,15)6-19-4-3-10-16-8-5-7(11(17)18)1-2-9(8)20-10/h1-2,5H,3-4,6H2,(H,17,18). The highest BCUT2D eigenvalue weighted by atomic mass is 19.4. The maximum atomic E-state index is 11.8. The van der Waals surface area contributed by atoms with E-state index >= 15 is 0 Å².